The first-order valence-electron chi connectivity index (χ1n) is 11.2. The van der Waals surface area contributed by atoms with Crippen molar-refractivity contribution in [2.75, 3.05) is 11.1 Å². The maximum Gasteiger partial charge on any atom is 0.277 e. The fraction of sp³-hybridized carbons (Fsp3) is 0.185. The summed E-state index contributed by atoms with van der Waals surface area (Å²) in [6.45, 7) is 5.93. The third-order valence-corrected chi connectivity index (χ3v) is 6.11. The molecule has 0 aliphatic heterocycles. The molecule has 1 aromatic heterocycles. The fourth-order valence-corrected chi connectivity index (χ4v) is 4.25. The van der Waals surface area contributed by atoms with Gasteiger partial charge in [-0.05, 0) is 50.6 Å². The predicted octanol–water partition coefficient (Wildman–Crippen LogP) is 5.58. The lowest BCUT2D eigenvalue weighted by atomic mass is 10.1. The molecule has 1 atom stereocenters. The molecule has 0 bridgehead atoms. The van der Waals surface area contributed by atoms with Crippen molar-refractivity contribution in [3.8, 4) is 11.5 Å². The highest BCUT2D eigenvalue weighted by Crippen LogP contribution is 2.25. The first-order chi connectivity index (χ1) is 16.9. The number of carbonyl (C=O) groups is 2. The lowest BCUT2D eigenvalue weighted by Crippen LogP contribution is -2.28. The Morgan fingerprint density at radius 1 is 0.943 bits per heavy atom. The Labute approximate surface area is 208 Å². The molecule has 4 aromatic rings. The number of nitrogens with one attached hydrogen (secondary N) is 2. The molecule has 1 heterocycles. The van der Waals surface area contributed by atoms with Crippen molar-refractivity contribution in [1.82, 2.24) is 15.5 Å². The number of aromatic nitrogens is 2. The average Bonchev–Trinajstić information content (AvgIpc) is 3.32. The zero-order chi connectivity index (χ0) is 24.8. The van der Waals surface area contributed by atoms with E-state index < -0.39 is 0 Å². The van der Waals surface area contributed by atoms with Crippen LogP contribution in [0.2, 0.25) is 0 Å². The number of nitrogens with zero attached hydrogens (tertiary/aromatic N) is 2. The van der Waals surface area contributed by atoms with E-state index in [1.807, 2.05) is 63.2 Å². The van der Waals surface area contributed by atoms with Crippen LogP contribution in [0.1, 0.15) is 40.0 Å². The molecule has 35 heavy (non-hydrogen) atoms. The second-order valence-electron chi connectivity index (χ2n) is 8.24. The molecule has 0 spiro atoms. The zero-order valence-corrected chi connectivity index (χ0v) is 20.6. The topological polar surface area (TPSA) is 97.1 Å². The van der Waals surface area contributed by atoms with Crippen LogP contribution in [0.25, 0.3) is 11.5 Å². The van der Waals surface area contributed by atoms with Crippen LogP contribution in [0.5, 0.6) is 0 Å². The molecule has 2 N–H and O–H groups in total. The van der Waals surface area contributed by atoms with Gasteiger partial charge in [-0.15, -0.1) is 10.2 Å². The number of para-hydroxylation sites is 1. The number of rotatable bonds is 8. The highest BCUT2D eigenvalue weighted by molar-refractivity contribution is 7.99. The third-order valence-electron chi connectivity index (χ3n) is 5.29. The van der Waals surface area contributed by atoms with Gasteiger partial charge in [0, 0.05) is 5.56 Å². The molecule has 178 valence electrons. The van der Waals surface area contributed by atoms with E-state index in [1.165, 1.54) is 0 Å². The number of benzene rings is 3. The molecule has 2 amide bonds. The van der Waals surface area contributed by atoms with Crippen LogP contribution in [0, 0.1) is 13.8 Å². The fourth-order valence-electron chi connectivity index (χ4n) is 3.69. The van der Waals surface area contributed by atoms with Gasteiger partial charge in [-0.25, -0.2) is 0 Å². The Morgan fingerprint density at radius 2 is 1.63 bits per heavy atom. The molecule has 7 nitrogen and oxygen atoms in total. The molecule has 0 saturated heterocycles. The van der Waals surface area contributed by atoms with Gasteiger partial charge in [-0.2, -0.15) is 0 Å². The molecule has 0 radical (unpaired) electrons. The Morgan fingerprint density at radius 3 is 2.37 bits per heavy atom. The van der Waals surface area contributed by atoms with E-state index in [-0.39, 0.29) is 23.6 Å². The van der Waals surface area contributed by atoms with E-state index in [9.17, 15) is 9.59 Å². The molecule has 0 aliphatic carbocycles. The largest absolute Gasteiger partial charge is 0.411 e. The number of anilines is 1. The Hall–Kier alpha value is -3.91. The predicted molar refractivity (Wildman–Crippen MR) is 137 cm³/mol. The van der Waals surface area contributed by atoms with Gasteiger partial charge in [-0.3, -0.25) is 9.59 Å². The van der Waals surface area contributed by atoms with Gasteiger partial charge >= 0.3 is 0 Å². The van der Waals surface area contributed by atoms with Crippen molar-refractivity contribution >= 4 is 29.3 Å². The quantitative estimate of drug-likeness (QED) is 0.316. The minimum Gasteiger partial charge on any atom is -0.411 e. The van der Waals surface area contributed by atoms with Crippen LogP contribution in [-0.2, 0) is 4.79 Å². The summed E-state index contributed by atoms with van der Waals surface area (Å²) in [4.78, 5) is 25.5. The molecule has 0 aliphatic rings. The van der Waals surface area contributed by atoms with Gasteiger partial charge in [-0.1, -0.05) is 71.4 Å². The number of aryl methyl sites for hydroxylation is 2. The van der Waals surface area contributed by atoms with Gasteiger partial charge < -0.3 is 15.1 Å². The van der Waals surface area contributed by atoms with Crippen molar-refractivity contribution in [3.05, 3.63) is 95.1 Å². The van der Waals surface area contributed by atoms with E-state index >= 15 is 0 Å². The summed E-state index contributed by atoms with van der Waals surface area (Å²) in [7, 11) is 0. The van der Waals surface area contributed by atoms with Gasteiger partial charge in [0.2, 0.25) is 11.8 Å². The summed E-state index contributed by atoms with van der Waals surface area (Å²) in [5, 5.41) is 14.2. The second kappa shape index (κ2) is 11.0. The van der Waals surface area contributed by atoms with Crippen molar-refractivity contribution < 1.29 is 14.0 Å². The van der Waals surface area contributed by atoms with Crippen molar-refractivity contribution in [2.45, 2.75) is 32.0 Å². The average molecular weight is 487 g/mol. The number of carbonyl (C=O) groups excluding carboxylic acids is 2. The normalized spacial score (nSPS) is 11.6. The minimum absolute atomic E-state index is 0.0604. The maximum absolute atomic E-state index is 12.9. The molecular weight excluding hydrogens is 460 g/mol. The molecule has 0 fully saturated rings. The van der Waals surface area contributed by atoms with Crippen molar-refractivity contribution in [3.63, 3.8) is 0 Å². The smallest absolute Gasteiger partial charge is 0.277 e. The summed E-state index contributed by atoms with van der Waals surface area (Å²) in [6.07, 6.45) is 0. The van der Waals surface area contributed by atoms with Gasteiger partial charge in [0.05, 0.1) is 23.0 Å². The summed E-state index contributed by atoms with van der Waals surface area (Å²) in [6, 6.07) is 22.5. The van der Waals surface area contributed by atoms with Gasteiger partial charge in [0.25, 0.3) is 11.1 Å². The zero-order valence-electron chi connectivity index (χ0n) is 19.7. The molecule has 8 heteroatoms. The van der Waals surface area contributed by atoms with Crippen molar-refractivity contribution in [2.24, 2.45) is 0 Å². The van der Waals surface area contributed by atoms with Crippen LogP contribution < -0.4 is 10.6 Å². The highest BCUT2D eigenvalue weighted by atomic mass is 32.2. The summed E-state index contributed by atoms with van der Waals surface area (Å²) in [5.74, 6) is -0.0723. The van der Waals surface area contributed by atoms with Crippen LogP contribution >= 0.6 is 11.8 Å². The minimum atomic E-state index is -0.280. The molecule has 3 aromatic carbocycles. The lowest BCUT2D eigenvalue weighted by molar-refractivity contribution is -0.113. The van der Waals surface area contributed by atoms with E-state index in [0.29, 0.717) is 22.4 Å². The van der Waals surface area contributed by atoms with Crippen LogP contribution in [0.15, 0.2) is 82.4 Å². The first kappa shape index (κ1) is 24.2. The third kappa shape index (κ3) is 6.36. The Kier molecular flexibility index (Phi) is 7.62. The summed E-state index contributed by atoms with van der Waals surface area (Å²) >= 11 is 1.14. The van der Waals surface area contributed by atoms with Crippen LogP contribution in [0.4, 0.5) is 5.69 Å². The number of hydrogen-bond acceptors (Lipinski definition) is 6. The Bertz CT molecular complexity index is 1320. The van der Waals surface area contributed by atoms with Gasteiger partial charge in [0.1, 0.15) is 0 Å². The number of thioether (sulfide) groups is 1. The van der Waals surface area contributed by atoms with E-state index in [1.54, 1.807) is 24.3 Å². The second-order valence-corrected chi connectivity index (χ2v) is 9.16. The molecular formula is C27H26N4O3S. The van der Waals surface area contributed by atoms with Gasteiger partial charge in [0.15, 0.2) is 0 Å². The standard InChI is InChI=1S/C27H26N4O3S/c1-17-13-18(2)15-21(14-17)26-30-31-27(34-26)35-16-24(32)29-23-12-8-7-11-22(23)25(33)28-19(3)20-9-5-4-6-10-20/h4-15,19H,16H2,1-3H3,(H,28,33)(H,29,32). The first-order valence-corrected chi connectivity index (χ1v) is 12.2. The summed E-state index contributed by atoms with van der Waals surface area (Å²) in [5.41, 5.74) is 4.88. The SMILES string of the molecule is Cc1cc(C)cc(-c2nnc(SCC(=O)Nc3ccccc3C(=O)NC(C)c3ccccc3)o2)c1. The van der Waals surface area contributed by atoms with E-state index in [4.69, 9.17) is 4.42 Å². The molecule has 1 unspecified atom stereocenters. The van der Waals surface area contributed by atoms with E-state index in [2.05, 4.69) is 26.9 Å². The summed E-state index contributed by atoms with van der Waals surface area (Å²) < 4.78 is 5.72. The van der Waals surface area contributed by atoms with Crippen LogP contribution in [-0.4, -0.2) is 27.8 Å². The highest BCUT2D eigenvalue weighted by Gasteiger charge is 2.17. The van der Waals surface area contributed by atoms with Crippen LogP contribution in [0.3, 0.4) is 0 Å². The van der Waals surface area contributed by atoms with E-state index in [0.717, 1.165) is 34.0 Å². The lowest BCUT2D eigenvalue weighted by Gasteiger charge is -2.16. The number of hydrogen-bond donors (Lipinski definition) is 2. The van der Waals surface area contributed by atoms with Crippen molar-refractivity contribution in [1.29, 1.82) is 0 Å². The number of amides is 2. The molecule has 0 saturated carbocycles. The Balaban J connectivity index is 1.37. The maximum atomic E-state index is 12.9. The molecule has 4 rings (SSSR count). The monoisotopic (exact) mass is 486 g/mol.